The van der Waals surface area contributed by atoms with Crippen LogP contribution in [0.4, 0.5) is 4.39 Å². The van der Waals surface area contributed by atoms with Gasteiger partial charge in [0.2, 0.25) is 0 Å². The van der Waals surface area contributed by atoms with E-state index in [-0.39, 0.29) is 12.4 Å². The van der Waals surface area contributed by atoms with E-state index in [0.29, 0.717) is 11.3 Å². The number of ether oxygens (including phenoxy) is 1. The number of aliphatic hydroxyl groups is 1. The fraction of sp³-hybridized carbons (Fsp3) is 0.200. The molecule has 1 N–H and O–H groups in total. The summed E-state index contributed by atoms with van der Waals surface area (Å²) >= 11 is 0. The molecule has 2 rings (SSSR count). The van der Waals surface area contributed by atoms with Crippen molar-refractivity contribution in [2.45, 2.75) is 20.5 Å². The lowest BCUT2D eigenvalue weighted by Crippen LogP contribution is -1.92. The Bertz CT molecular complexity index is 544. The Balaban J connectivity index is 2.28. The van der Waals surface area contributed by atoms with Crippen molar-refractivity contribution >= 4 is 0 Å². The highest BCUT2D eigenvalue weighted by Crippen LogP contribution is 2.26. The number of rotatable bonds is 3. The Hall–Kier alpha value is -1.87. The second kappa shape index (κ2) is 5.19. The predicted molar refractivity (Wildman–Crippen MR) is 68.3 cm³/mol. The van der Waals surface area contributed by atoms with Crippen molar-refractivity contribution in [1.82, 2.24) is 0 Å². The molecule has 0 heterocycles. The van der Waals surface area contributed by atoms with Crippen LogP contribution >= 0.6 is 0 Å². The minimum absolute atomic E-state index is 0.164. The third kappa shape index (κ3) is 2.87. The molecule has 0 atom stereocenters. The molecule has 0 saturated heterocycles. The Labute approximate surface area is 106 Å². The summed E-state index contributed by atoms with van der Waals surface area (Å²) in [6.07, 6.45) is 0. The van der Waals surface area contributed by atoms with Gasteiger partial charge in [0.05, 0.1) is 6.61 Å². The summed E-state index contributed by atoms with van der Waals surface area (Å²) < 4.78 is 19.2. The minimum Gasteiger partial charge on any atom is -0.454 e. The average Bonchev–Trinajstić information content (AvgIpc) is 2.30. The quantitative estimate of drug-likeness (QED) is 0.894. The summed E-state index contributed by atoms with van der Waals surface area (Å²) in [5.74, 6) is 0.307. The van der Waals surface area contributed by atoms with Crippen LogP contribution in [-0.4, -0.2) is 5.11 Å². The molecule has 0 aliphatic carbocycles. The molecule has 0 bridgehead atoms. The Kier molecular flexibility index (Phi) is 3.63. The van der Waals surface area contributed by atoms with E-state index in [2.05, 4.69) is 0 Å². The van der Waals surface area contributed by atoms with Gasteiger partial charge in [-0.25, -0.2) is 4.39 Å². The van der Waals surface area contributed by atoms with Gasteiger partial charge in [0.15, 0.2) is 11.6 Å². The molecule has 0 unspecified atom stereocenters. The van der Waals surface area contributed by atoms with Crippen LogP contribution in [0.3, 0.4) is 0 Å². The molecule has 94 valence electrons. The van der Waals surface area contributed by atoms with Crippen molar-refractivity contribution < 1.29 is 14.2 Å². The molecular formula is C15H15FO2. The highest BCUT2D eigenvalue weighted by Gasteiger charge is 2.06. The van der Waals surface area contributed by atoms with E-state index in [1.807, 2.05) is 32.0 Å². The van der Waals surface area contributed by atoms with Gasteiger partial charge in [-0.1, -0.05) is 12.1 Å². The molecule has 2 nitrogen and oxygen atoms in total. The highest BCUT2D eigenvalue weighted by molar-refractivity contribution is 5.38. The van der Waals surface area contributed by atoms with E-state index in [0.717, 1.165) is 11.1 Å². The predicted octanol–water partition coefficient (Wildman–Crippen LogP) is 3.73. The third-order valence-electron chi connectivity index (χ3n) is 2.60. The first-order chi connectivity index (χ1) is 8.58. The van der Waals surface area contributed by atoms with Crippen LogP contribution in [-0.2, 0) is 6.61 Å². The first kappa shape index (κ1) is 12.6. The van der Waals surface area contributed by atoms with Crippen LogP contribution in [0.2, 0.25) is 0 Å². The first-order valence-corrected chi connectivity index (χ1v) is 5.74. The van der Waals surface area contributed by atoms with E-state index in [9.17, 15) is 4.39 Å². The molecule has 0 spiro atoms. The lowest BCUT2D eigenvalue weighted by molar-refractivity contribution is 0.281. The summed E-state index contributed by atoms with van der Waals surface area (Å²) in [6.45, 7) is 3.75. The lowest BCUT2D eigenvalue weighted by Gasteiger charge is -2.09. The maximum absolute atomic E-state index is 13.7. The zero-order valence-corrected chi connectivity index (χ0v) is 10.4. The third-order valence-corrected chi connectivity index (χ3v) is 2.60. The van der Waals surface area contributed by atoms with Gasteiger partial charge in [-0.3, -0.25) is 0 Å². The van der Waals surface area contributed by atoms with Crippen LogP contribution in [0.15, 0.2) is 36.4 Å². The largest absolute Gasteiger partial charge is 0.454 e. The number of aryl methyl sites for hydroxylation is 2. The zero-order chi connectivity index (χ0) is 13.1. The monoisotopic (exact) mass is 246 g/mol. The number of halogens is 1. The normalized spacial score (nSPS) is 10.4. The van der Waals surface area contributed by atoms with E-state index < -0.39 is 5.82 Å². The summed E-state index contributed by atoms with van der Waals surface area (Å²) in [4.78, 5) is 0. The van der Waals surface area contributed by atoms with Gasteiger partial charge in [-0.05, 0) is 54.8 Å². The summed E-state index contributed by atoms with van der Waals surface area (Å²) in [7, 11) is 0. The number of benzene rings is 2. The number of hydrogen-bond donors (Lipinski definition) is 1. The van der Waals surface area contributed by atoms with Crippen LogP contribution < -0.4 is 4.74 Å². The van der Waals surface area contributed by atoms with E-state index in [1.165, 1.54) is 12.1 Å². The van der Waals surface area contributed by atoms with Gasteiger partial charge in [-0.15, -0.1) is 0 Å². The molecule has 0 aromatic heterocycles. The van der Waals surface area contributed by atoms with Crippen LogP contribution in [0.25, 0.3) is 0 Å². The molecular weight excluding hydrogens is 231 g/mol. The van der Waals surface area contributed by atoms with Gasteiger partial charge in [0.1, 0.15) is 5.75 Å². The molecule has 0 aliphatic rings. The lowest BCUT2D eigenvalue weighted by atomic mass is 10.1. The van der Waals surface area contributed by atoms with Crippen LogP contribution in [0.1, 0.15) is 16.7 Å². The van der Waals surface area contributed by atoms with E-state index >= 15 is 0 Å². The first-order valence-electron chi connectivity index (χ1n) is 5.74. The average molecular weight is 246 g/mol. The van der Waals surface area contributed by atoms with Crippen molar-refractivity contribution in [2.75, 3.05) is 0 Å². The van der Waals surface area contributed by atoms with Crippen LogP contribution in [0.5, 0.6) is 11.5 Å². The smallest absolute Gasteiger partial charge is 0.166 e. The van der Waals surface area contributed by atoms with Crippen LogP contribution in [0, 0.1) is 19.7 Å². The Morgan fingerprint density at radius 1 is 1.06 bits per heavy atom. The molecule has 0 radical (unpaired) electrons. The van der Waals surface area contributed by atoms with Gasteiger partial charge in [0, 0.05) is 0 Å². The molecule has 0 saturated carbocycles. The van der Waals surface area contributed by atoms with Gasteiger partial charge in [-0.2, -0.15) is 0 Å². The summed E-state index contributed by atoms with van der Waals surface area (Å²) in [5, 5.41) is 8.91. The van der Waals surface area contributed by atoms with Crippen molar-refractivity contribution in [2.24, 2.45) is 0 Å². The molecule has 2 aromatic rings. The topological polar surface area (TPSA) is 29.5 Å². The minimum atomic E-state index is -0.472. The molecule has 0 aliphatic heterocycles. The number of aliphatic hydroxyl groups excluding tert-OH is 1. The second-order valence-electron chi connectivity index (χ2n) is 4.35. The molecule has 2 aromatic carbocycles. The van der Waals surface area contributed by atoms with Gasteiger partial charge >= 0.3 is 0 Å². The molecule has 3 heteroatoms. The molecule has 18 heavy (non-hydrogen) atoms. The van der Waals surface area contributed by atoms with Gasteiger partial charge in [0.25, 0.3) is 0 Å². The SMILES string of the molecule is Cc1cc(C)cc(Oc2ccc(CO)cc2F)c1. The van der Waals surface area contributed by atoms with E-state index in [1.54, 1.807) is 6.07 Å². The fourth-order valence-corrected chi connectivity index (χ4v) is 1.84. The van der Waals surface area contributed by atoms with Crippen molar-refractivity contribution in [3.05, 3.63) is 58.9 Å². The highest BCUT2D eigenvalue weighted by atomic mass is 19.1. The Morgan fingerprint density at radius 3 is 2.28 bits per heavy atom. The van der Waals surface area contributed by atoms with Crippen molar-refractivity contribution in [3.8, 4) is 11.5 Å². The maximum Gasteiger partial charge on any atom is 0.166 e. The Morgan fingerprint density at radius 2 is 1.72 bits per heavy atom. The molecule has 0 fully saturated rings. The van der Waals surface area contributed by atoms with E-state index in [4.69, 9.17) is 9.84 Å². The summed E-state index contributed by atoms with van der Waals surface area (Å²) in [6, 6.07) is 10.2. The fourth-order valence-electron chi connectivity index (χ4n) is 1.84. The second-order valence-corrected chi connectivity index (χ2v) is 4.35. The summed E-state index contributed by atoms with van der Waals surface area (Å²) in [5.41, 5.74) is 2.66. The molecule has 0 amide bonds. The van der Waals surface area contributed by atoms with Crippen molar-refractivity contribution in [1.29, 1.82) is 0 Å². The number of hydrogen-bond acceptors (Lipinski definition) is 2. The zero-order valence-electron chi connectivity index (χ0n) is 10.4. The van der Waals surface area contributed by atoms with Crippen molar-refractivity contribution in [3.63, 3.8) is 0 Å². The van der Waals surface area contributed by atoms with Gasteiger partial charge < -0.3 is 9.84 Å². The standard InChI is InChI=1S/C15H15FO2/c1-10-5-11(2)7-13(6-10)18-15-4-3-12(9-17)8-14(15)16/h3-8,17H,9H2,1-2H3. The maximum atomic E-state index is 13.7.